The summed E-state index contributed by atoms with van der Waals surface area (Å²) in [6, 6.07) is 19.3. The second-order valence-corrected chi connectivity index (χ2v) is 4.83. The average molecular weight is 295 g/mol. The topological polar surface area (TPSA) is 29.5 Å². The second-order valence-electron chi connectivity index (χ2n) is 4.83. The lowest BCUT2D eigenvalue weighted by Crippen LogP contribution is -2.39. The minimum atomic E-state index is -0.428. The first-order valence-electron chi connectivity index (χ1n) is 7.44. The molecule has 0 heterocycles. The van der Waals surface area contributed by atoms with Gasteiger partial charge in [-0.2, -0.15) is 0 Å². The number of anilines is 2. The van der Waals surface area contributed by atoms with Gasteiger partial charge in [-0.25, -0.2) is 4.79 Å². The lowest BCUT2D eigenvalue weighted by molar-refractivity contribution is -0.144. The first-order valence-corrected chi connectivity index (χ1v) is 7.44. The molecule has 0 aliphatic heterocycles. The van der Waals surface area contributed by atoms with Crippen molar-refractivity contribution in [2.75, 3.05) is 11.5 Å². The predicted molar refractivity (Wildman–Crippen MR) is 90.3 cm³/mol. The van der Waals surface area contributed by atoms with E-state index < -0.39 is 6.04 Å². The molecule has 3 nitrogen and oxygen atoms in total. The van der Waals surface area contributed by atoms with E-state index in [0.717, 1.165) is 11.4 Å². The summed E-state index contributed by atoms with van der Waals surface area (Å²) in [6.45, 7) is 5.96. The minimum absolute atomic E-state index is 0.241. The number of hydrogen-bond acceptors (Lipinski definition) is 3. The third-order valence-electron chi connectivity index (χ3n) is 3.33. The van der Waals surface area contributed by atoms with Gasteiger partial charge >= 0.3 is 5.97 Å². The molecule has 0 saturated carbocycles. The highest BCUT2D eigenvalue weighted by atomic mass is 16.5. The third-order valence-corrected chi connectivity index (χ3v) is 3.33. The van der Waals surface area contributed by atoms with Crippen LogP contribution in [0.5, 0.6) is 0 Å². The molecule has 2 aromatic carbocycles. The number of esters is 1. The maximum Gasteiger partial charge on any atom is 0.329 e. The number of benzene rings is 2. The Bertz CT molecular complexity index is 556. The summed E-state index contributed by atoms with van der Waals surface area (Å²) in [5.74, 6) is -0.241. The van der Waals surface area contributed by atoms with E-state index in [4.69, 9.17) is 4.74 Å². The van der Waals surface area contributed by atoms with Crippen molar-refractivity contribution in [2.24, 2.45) is 0 Å². The van der Waals surface area contributed by atoms with Gasteiger partial charge in [-0.1, -0.05) is 42.5 Å². The molecule has 0 radical (unpaired) electrons. The first kappa shape index (κ1) is 15.8. The van der Waals surface area contributed by atoms with Gasteiger partial charge in [0.2, 0.25) is 0 Å². The van der Waals surface area contributed by atoms with E-state index in [1.807, 2.05) is 72.5 Å². The Balaban J connectivity index is 2.46. The zero-order chi connectivity index (χ0) is 15.8. The largest absolute Gasteiger partial charge is 0.464 e. The number of ether oxygens (including phenoxy) is 1. The quantitative estimate of drug-likeness (QED) is 0.562. The molecule has 0 spiro atoms. The molecule has 0 fully saturated rings. The van der Waals surface area contributed by atoms with Crippen LogP contribution < -0.4 is 4.90 Å². The van der Waals surface area contributed by atoms with E-state index >= 15 is 0 Å². The van der Waals surface area contributed by atoms with Crippen molar-refractivity contribution in [3.63, 3.8) is 0 Å². The van der Waals surface area contributed by atoms with Crippen molar-refractivity contribution >= 4 is 17.3 Å². The van der Waals surface area contributed by atoms with Crippen molar-refractivity contribution in [3.8, 4) is 0 Å². The number of carbonyl (C=O) groups excluding carboxylic acids is 1. The highest BCUT2D eigenvalue weighted by Gasteiger charge is 2.27. The minimum Gasteiger partial charge on any atom is -0.464 e. The van der Waals surface area contributed by atoms with Crippen molar-refractivity contribution in [2.45, 2.75) is 19.4 Å². The fourth-order valence-corrected chi connectivity index (χ4v) is 2.39. The van der Waals surface area contributed by atoms with Gasteiger partial charge in [0.15, 0.2) is 0 Å². The van der Waals surface area contributed by atoms with Gasteiger partial charge in [0.05, 0.1) is 6.61 Å². The summed E-state index contributed by atoms with van der Waals surface area (Å²) >= 11 is 0. The third kappa shape index (κ3) is 3.76. The van der Waals surface area contributed by atoms with Gasteiger partial charge in [-0.3, -0.25) is 0 Å². The Morgan fingerprint density at radius 1 is 1.09 bits per heavy atom. The molecule has 0 amide bonds. The maximum atomic E-state index is 12.4. The van der Waals surface area contributed by atoms with Gasteiger partial charge in [0, 0.05) is 11.4 Å². The van der Waals surface area contributed by atoms with Gasteiger partial charge in [0.25, 0.3) is 0 Å². The van der Waals surface area contributed by atoms with Crippen LogP contribution in [0.15, 0.2) is 73.3 Å². The van der Waals surface area contributed by atoms with E-state index in [9.17, 15) is 4.79 Å². The van der Waals surface area contributed by atoms with Crippen LogP contribution in [0.1, 0.15) is 13.3 Å². The van der Waals surface area contributed by atoms with Crippen LogP contribution in [0.3, 0.4) is 0 Å². The molecule has 1 atom stereocenters. The number of nitrogens with zero attached hydrogens (tertiary/aromatic N) is 1. The Labute approximate surface area is 131 Å². The van der Waals surface area contributed by atoms with Crippen LogP contribution >= 0.6 is 0 Å². The van der Waals surface area contributed by atoms with Gasteiger partial charge in [-0.05, 0) is 37.6 Å². The van der Waals surface area contributed by atoms with Gasteiger partial charge in [-0.15, -0.1) is 6.58 Å². The summed E-state index contributed by atoms with van der Waals surface area (Å²) < 4.78 is 5.25. The van der Waals surface area contributed by atoms with Crippen molar-refractivity contribution < 1.29 is 9.53 Å². The molecule has 2 rings (SSSR count). The molecule has 3 heteroatoms. The summed E-state index contributed by atoms with van der Waals surface area (Å²) in [4.78, 5) is 14.4. The summed E-state index contributed by atoms with van der Waals surface area (Å²) in [5.41, 5.74) is 1.90. The standard InChI is InChI=1S/C19H21NO2/c1-3-11-18(19(21)22-4-2)20(16-12-7-5-8-13-16)17-14-9-6-10-15-17/h3,5-10,12-15,18H,1,4,11H2,2H3. The number of carbonyl (C=O) groups is 1. The molecular formula is C19H21NO2. The normalized spacial score (nSPS) is 11.5. The second kappa shape index (κ2) is 8.03. The Hall–Kier alpha value is -2.55. The Morgan fingerprint density at radius 3 is 2.00 bits per heavy atom. The van der Waals surface area contributed by atoms with Crippen LogP contribution in [-0.2, 0) is 9.53 Å². The van der Waals surface area contributed by atoms with E-state index in [-0.39, 0.29) is 5.97 Å². The molecule has 22 heavy (non-hydrogen) atoms. The lowest BCUT2D eigenvalue weighted by atomic mass is 10.1. The molecule has 114 valence electrons. The number of rotatable bonds is 7. The zero-order valence-electron chi connectivity index (χ0n) is 12.8. The maximum absolute atomic E-state index is 12.4. The molecule has 0 bridgehead atoms. The summed E-state index contributed by atoms with van der Waals surface area (Å²) in [6.07, 6.45) is 2.27. The van der Waals surface area contributed by atoms with Crippen LogP contribution in [-0.4, -0.2) is 18.6 Å². The van der Waals surface area contributed by atoms with Crippen LogP contribution in [0.2, 0.25) is 0 Å². The molecule has 0 aromatic heterocycles. The smallest absolute Gasteiger partial charge is 0.329 e. The average Bonchev–Trinajstić information content (AvgIpc) is 2.56. The van der Waals surface area contributed by atoms with Crippen molar-refractivity contribution in [1.29, 1.82) is 0 Å². The molecule has 0 aliphatic carbocycles. The fraction of sp³-hybridized carbons (Fsp3) is 0.211. The number of para-hydroxylation sites is 2. The monoisotopic (exact) mass is 295 g/mol. The zero-order valence-corrected chi connectivity index (χ0v) is 12.8. The molecule has 2 aromatic rings. The van der Waals surface area contributed by atoms with E-state index in [1.54, 1.807) is 6.08 Å². The van der Waals surface area contributed by atoms with E-state index in [1.165, 1.54) is 0 Å². The molecule has 1 unspecified atom stereocenters. The highest BCUT2D eigenvalue weighted by molar-refractivity contribution is 5.84. The number of hydrogen-bond donors (Lipinski definition) is 0. The van der Waals surface area contributed by atoms with Crippen LogP contribution in [0, 0.1) is 0 Å². The van der Waals surface area contributed by atoms with E-state index in [0.29, 0.717) is 13.0 Å². The molecule has 0 aliphatic rings. The summed E-state index contributed by atoms with van der Waals surface area (Å²) in [5, 5.41) is 0. The molecular weight excluding hydrogens is 274 g/mol. The van der Waals surface area contributed by atoms with E-state index in [2.05, 4.69) is 6.58 Å². The first-order chi connectivity index (χ1) is 10.8. The summed E-state index contributed by atoms with van der Waals surface area (Å²) in [7, 11) is 0. The lowest BCUT2D eigenvalue weighted by Gasteiger charge is -2.31. The fourth-order valence-electron chi connectivity index (χ4n) is 2.39. The van der Waals surface area contributed by atoms with Crippen LogP contribution in [0.4, 0.5) is 11.4 Å². The Morgan fingerprint density at radius 2 is 1.59 bits per heavy atom. The van der Waals surface area contributed by atoms with Crippen molar-refractivity contribution in [3.05, 3.63) is 73.3 Å². The molecule has 0 N–H and O–H groups in total. The SMILES string of the molecule is C=CCC(C(=O)OCC)N(c1ccccc1)c1ccccc1. The predicted octanol–water partition coefficient (Wildman–Crippen LogP) is 4.33. The van der Waals surface area contributed by atoms with Gasteiger partial charge < -0.3 is 9.64 Å². The Kier molecular flexibility index (Phi) is 5.78. The molecule has 0 saturated heterocycles. The van der Waals surface area contributed by atoms with Gasteiger partial charge in [0.1, 0.15) is 6.04 Å². The van der Waals surface area contributed by atoms with Crippen molar-refractivity contribution in [1.82, 2.24) is 0 Å². The van der Waals surface area contributed by atoms with Crippen LogP contribution in [0.25, 0.3) is 0 Å². The highest BCUT2D eigenvalue weighted by Crippen LogP contribution is 2.29.